The molecule has 1 heterocycles. The lowest BCUT2D eigenvalue weighted by Gasteiger charge is -2.05. The largest absolute Gasteiger partial charge is 0.298 e. The zero-order valence-electron chi connectivity index (χ0n) is 13.3. The Bertz CT molecular complexity index is 1030. The Hall–Kier alpha value is -2.79. The Morgan fingerprint density at radius 2 is 1.80 bits per heavy atom. The first-order valence-corrected chi connectivity index (χ1v) is 9.10. The third kappa shape index (κ3) is 2.23. The van der Waals surface area contributed by atoms with Crippen molar-refractivity contribution in [1.29, 1.82) is 0 Å². The number of carbonyl (C=O) groups excluding carboxylic acids is 2. The molecule has 0 unspecified atom stereocenters. The number of aryl methyl sites for hydroxylation is 2. The quantitative estimate of drug-likeness (QED) is 0.594. The van der Waals surface area contributed by atoms with Crippen molar-refractivity contribution in [2.75, 3.05) is 5.32 Å². The number of amides is 1. The molecule has 0 fully saturated rings. The van der Waals surface area contributed by atoms with Crippen molar-refractivity contribution in [2.45, 2.75) is 19.3 Å². The molecule has 4 nitrogen and oxygen atoms in total. The fraction of sp³-hybridized carbons (Fsp3) is 0.150. The molecule has 0 atom stereocenters. The maximum atomic E-state index is 12.6. The van der Waals surface area contributed by atoms with Crippen molar-refractivity contribution in [1.82, 2.24) is 4.98 Å². The molecule has 2 aromatic carbocycles. The van der Waals surface area contributed by atoms with E-state index in [1.807, 2.05) is 30.3 Å². The molecule has 5 heteroatoms. The van der Waals surface area contributed by atoms with Crippen LogP contribution in [0.3, 0.4) is 0 Å². The van der Waals surface area contributed by atoms with Gasteiger partial charge in [0.25, 0.3) is 5.91 Å². The number of rotatable bonds is 2. The van der Waals surface area contributed by atoms with Gasteiger partial charge in [-0.3, -0.25) is 14.9 Å². The number of nitrogens with one attached hydrogen (secondary N) is 1. The second kappa shape index (κ2) is 5.36. The molecule has 5 rings (SSSR count). The van der Waals surface area contributed by atoms with Crippen molar-refractivity contribution < 1.29 is 9.59 Å². The van der Waals surface area contributed by atoms with Gasteiger partial charge in [0.05, 0.1) is 5.69 Å². The monoisotopic (exact) mass is 346 g/mol. The van der Waals surface area contributed by atoms with Gasteiger partial charge in [-0.15, -0.1) is 11.3 Å². The van der Waals surface area contributed by atoms with Gasteiger partial charge in [0.2, 0.25) is 0 Å². The van der Waals surface area contributed by atoms with Crippen LogP contribution in [0.15, 0.2) is 42.5 Å². The van der Waals surface area contributed by atoms with Crippen LogP contribution in [0.25, 0.3) is 11.1 Å². The molecule has 0 spiro atoms. The minimum Gasteiger partial charge on any atom is -0.298 e. The molecule has 0 saturated heterocycles. The first-order valence-electron chi connectivity index (χ1n) is 8.29. The third-order valence-corrected chi connectivity index (χ3v) is 5.88. The molecule has 2 aliphatic rings. The number of thiazole rings is 1. The van der Waals surface area contributed by atoms with E-state index in [1.165, 1.54) is 4.88 Å². The zero-order chi connectivity index (χ0) is 17.0. The molecule has 1 aromatic heterocycles. The molecule has 0 aliphatic heterocycles. The molecule has 1 amide bonds. The molecule has 0 saturated carbocycles. The summed E-state index contributed by atoms with van der Waals surface area (Å²) < 4.78 is 0. The smallest absolute Gasteiger partial charge is 0.257 e. The van der Waals surface area contributed by atoms with Crippen molar-refractivity contribution in [3.63, 3.8) is 0 Å². The second-order valence-corrected chi connectivity index (χ2v) is 7.42. The first kappa shape index (κ1) is 14.5. The van der Waals surface area contributed by atoms with Gasteiger partial charge in [0, 0.05) is 21.6 Å². The van der Waals surface area contributed by atoms with E-state index in [2.05, 4.69) is 10.3 Å². The molecule has 3 aromatic rings. The predicted octanol–water partition coefficient (Wildman–Crippen LogP) is 4.10. The van der Waals surface area contributed by atoms with E-state index in [0.717, 1.165) is 36.1 Å². The van der Waals surface area contributed by atoms with E-state index < -0.39 is 0 Å². The number of fused-ring (bicyclic) bond motifs is 4. The van der Waals surface area contributed by atoms with Crippen LogP contribution in [0.2, 0.25) is 0 Å². The van der Waals surface area contributed by atoms with Gasteiger partial charge < -0.3 is 0 Å². The highest BCUT2D eigenvalue weighted by Crippen LogP contribution is 2.37. The van der Waals surface area contributed by atoms with Crippen LogP contribution < -0.4 is 5.32 Å². The fourth-order valence-electron chi connectivity index (χ4n) is 3.58. The number of aromatic nitrogens is 1. The summed E-state index contributed by atoms with van der Waals surface area (Å²) in [6.07, 6.45) is 3.19. The summed E-state index contributed by atoms with van der Waals surface area (Å²) in [6.45, 7) is 0. The normalized spacial score (nSPS) is 14.2. The molecular formula is C20H14N2O2S. The number of carbonyl (C=O) groups is 2. The summed E-state index contributed by atoms with van der Waals surface area (Å²) in [4.78, 5) is 30.9. The Morgan fingerprint density at radius 3 is 2.64 bits per heavy atom. The van der Waals surface area contributed by atoms with Gasteiger partial charge in [-0.2, -0.15) is 0 Å². The Morgan fingerprint density at radius 1 is 1.00 bits per heavy atom. The van der Waals surface area contributed by atoms with E-state index in [1.54, 1.807) is 23.5 Å². The van der Waals surface area contributed by atoms with E-state index in [9.17, 15) is 9.59 Å². The SMILES string of the molecule is O=C(Nc1nc2c(s1)CCC2)c1ccc2c(c1)C(=O)c1ccccc1-2. The Kier molecular flexibility index (Phi) is 3.12. The van der Waals surface area contributed by atoms with Crippen LogP contribution in [0, 0.1) is 0 Å². The summed E-state index contributed by atoms with van der Waals surface area (Å²) in [5.74, 6) is -0.243. The maximum absolute atomic E-state index is 12.6. The second-order valence-electron chi connectivity index (χ2n) is 6.33. The van der Waals surface area contributed by atoms with E-state index in [-0.39, 0.29) is 11.7 Å². The van der Waals surface area contributed by atoms with Crippen molar-refractivity contribution >= 4 is 28.2 Å². The summed E-state index contributed by atoms with van der Waals surface area (Å²) in [5.41, 5.74) is 4.72. The van der Waals surface area contributed by atoms with Crippen molar-refractivity contribution in [3.8, 4) is 11.1 Å². The number of nitrogens with zero attached hydrogens (tertiary/aromatic N) is 1. The van der Waals surface area contributed by atoms with Gasteiger partial charge in [-0.05, 0) is 42.5 Å². The highest BCUT2D eigenvalue weighted by molar-refractivity contribution is 7.16. The number of hydrogen-bond donors (Lipinski definition) is 1. The minimum absolute atomic E-state index is 0.0199. The Labute approximate surface area is 148 Å². The zero-order valence-corrected chi connectivity index (χ0v) is 14.2. The maximum Gasteiger partial charge on any atom is 0.257 e. The lowest BCUT2D eigenvalue weighted by atomic mass is 10.0. The molecule has 122 valence electrons. The lowest BCUT2D eigenvalue weighted by molar-refractivity contribution is 0.102. The molecule has 25 heavy (non-hydrogen) atoms. The van der Waals surface area contributed by atoms with Gasteiger partial charge >= 0.3 is 0 Å². The minimum atomic E-state index is -0.223. The molecule has 0 radical (unpaired) electrons. The van der Waals surface area contributed by atoms with Crippen LogP contribution in [0.1, 0.15) is 43.3 Å². The van der Waals surface area contributed by atoms with Crippen LogP contribution in [0.4, 0.5) is 5.13 Å². The summed E-state index contributed by atoms with van der Waals surface area (Å²) >= 11 is 1.55. The van der Waals surface area contributed by atoms with Gasteiger partial charge in [-0.1, -0.05) is 30.3 Å². The number of anilines is 1. The topological polar surface area (TPSA) is 59.1 Å². The van der Waals surface area contributed by atoms with Gasteiger partial charge in [-0.25, -0.2) is 4.98 Å². The first-order chi connectivity index (χ1) is 12.2. The van der Waals surface area contributed by atoms with E-state index in [0.29, 0.717) is 21.8 Å². The molecular weight excluding hydrogens is 332 g/mol. The highest BCUT2D eigenvalue weighted by Gasteiger charge is 2.27. The predicted molar refractivity (Wildman–Crippen MR) is 97.4 cm³/mol. The van der Waals surface area contributed by atoms with Gasteiger partial charge in [0.1, 0.15) is 0 Å². The van der Waals surface area contributed by atoms with Crippen molar-refractivity contribution in [3.05, 3.63) is 69.7 Å². The number of benzene rings is 2. The number of ketones is 1. The molecule has 1 N–H and O–H groups in total. The summed E-state index contributed by atoms with van der Waals surface area (Å²) in [7, 11) is 0. The molecule has 0 bridgehead atoms. The van der Waals surface area contributed by atoms with Crippen LogP contribution >= 0.6 is 11.3 Å². The third-order valence-electron chi connectivity index (χ3n) is 4.80. The average molecular weight is 346 g/mol. The number of hydrogen-bond acceptors (Lipinski definition) is 4. The van der Waals surface area contributed by atoms with E-state index >= 15 is 0 Å². The summed E-state index contributed by atoms with van der Waals surface area (Å²) in [6, 6.07) is 12.9. The standard InChI is InChI=1S/C20H14N2O2S/c23-18-14-5-2-1-4-12(14)13-9-8-11(10-15(13)18)19(24)22-20-21-16-6-3-7-17(16)25-20/h1-2,4-5,8-10H,3,6-7H2,(H,21,22,24). The lowest BCUT2D eigenvalue weighted by Crippen LogP contribution is -2.12. The van der Waals surface area contributed by atoms with Crippen LogP contribution in [-0.4, -0.2) is 16.7 Å². The fourth-order valence-corrected chi connectivity index (χ4v) is 4.63. The highest BCUT2D eigenvalue weighted by atomic mass is 32.1. The summed E-state index contributed by atoms with van der Waals surface area (Å²) in [5, 5.41) is 3.52. The average Bonchev–Trinajstić information content (AvgIpc) is 3.28. The van der Waals surface area contributed by atoms with Gasteiger partial charge in [0.15, 0.2) is 10.9 Å². The van der Waals surface area contributed by atoms with E-state index in [4.69, 9.17) is 0 Å². The molecule has 2 aliphatic carbocycles. The van der Waals surface area contributed by atoms with Crippen LogP contribution in [-0.2, 0) is 12.8 Å². The van der Waals surface area contributed by atoms with Crippen LogP contribution in [0.5, 0.6) is 0 Å². The Balaban J connectivity index is 1.45. The van der Waals surface area contributed by atoms with Crippen molar-refractivity contribution in [2.24, 2.45) is 0 Å².